The number of para-hydroxylation sites is 1. The topological polar surface area (TPSA) is 12.0 Å². The maximum absolute atomic E-state index is 3.79. The van der Waals surface area contributed by atoms with Gasteiger partial charge in [-0.15, -0.1) is 0 Å². The lowest BCUT2D eigenvalue weighted by molar-refractivity contribution is 0.420. The largest absolute Gasteiger partial charge is 0.378 e. The molecule has 0 spiro atoms. The third-order valence-corrected chi connectivity index (χ3v) is 4.56. The van der Waals surface area contributed by atoms with Gasteiger partial charge < -0.3 is 5.32 Å². The molecule has 1 heteroatoms. The van der Waals surface area contributed by atoms with Gasteiger partial charge in [0.25, 0.3) is 0 Å². The average Bonchev–Trinajstić information content (AvgIpc) is 2.54. The Balaban J connectivity index is 2.00. The fraction of sp³-hybridized carbons (Fsp3) is 0.529. The highest BCUT2D eigenvalue weighted by atomic mass is 14.9. The third-order valence-electron chi connectivity index (χ3n) is 4.56. The molecule has 0 aromatic heterocycles. The van der Waals surface area contributed by atoms with Gasteiger partial charge >= 0.3 is 0 Å². The van der Waals surface area contributed by atoms with E-state index in [1.165, 1.54) is 36.9 Å². The van der Waals surface area contributed by atoms with Gasteiger partial charge in [0.2, 0.25) is 0 Å². The quantitative estimate of drug-likeness (QED) is 0.701. The molecule has 1 saturated carbocycles. The number of hydrogen-bond donors (Lipinski definition) is 1. The summed E-state index contributed by atoms with van der Waals surface area (Å²) in [5.41, 5.74) is 4.49. The summed E-state index contributed by atoms with van der Waals surface area (Å²) in [6, 6.07) is 9.42. The number of anilines is 1. The van der Waals surface area contributed by atoms with E-state index in [0.717, 1.165) is 5.92 Å². The lowest BCUT2D eigenvalue weighted by atomic mass is 9.82. The van der Waals surface area contributed by atoms with Gasteiger partial charge in [-0.05, 0) is 43.2 Å². The van der Waals surface area contributed by atoms with Crippen LogP contribution in [0.3, 0.4) is 0 Å². The zero-order valence-electron chi connectivity index (χ0n) is 11.4. The molecule has 0 amide bonds. The number of hydrogen-bond acceptors (Lipinski definition) is 1. The molecule has 1 heterocycles. The first-order valence-electron chi connectivity index (χ1n) is 7.34. The maximum atomic E-state index is 3.79. The highest BCUT2D eigenvalue weighted by Gasteiger charge is 2.27. The van der Waals surface area contributed by atoms with Crippen molar-refractivity contribution in [3.63, 3.8) is 0 Å². The van der Waals surface area contributed by atoms with Crippen molar-refractivity contribution in [2.24, 2.45) is 5.92 Å². The van der Waals surface area contributed by atoms with E-state index in [1.807, 2.05) is 0 Å². The van der Waals surface area contributed by atoms with Crippen LogP contribution < -0.4 is 5.32 Å². The summed E-state index contributed by atoms with van der Waals surface area (Å²) < 4.78 is 0. The van der Waals surface area contributed by atoms with E-state index in [9.17, 15) is 0 Å². The average molecular weight is 241 g/mol. The van der Waals surface area contributed by atoms with Crippen LogP contribution in [-0.2, 0) is 0 Å². The lowest BCUT2D eigenvalue weighted by Gasteiger charge is -2.30. The Morgan fingerprint density at radius 2 is 2.11 bits per heavy atom. The normalized spacial score (nSPS) is 30.6. The molecule has 18 heavy (non-hydrogen) atoms. The van der Waals surface area contributed by atoms with E-state index < -0.39 is 0 Å². The Labute approximate surface area is 110 Å². The monoisotopic (exact) mass is 241 g/mol. The summed E-state index contributed by atoms with van der Waals surface area (Å²) in [6.07, 6.45) is 7.68. The second-order valence-electron chi connectivity index (χ2n) is 5.92. The third kappa shape index (κ3) is 2.07. The van der Waals surface area contributed by atoms with Crippen molar-refractivity contribution in [2.75, 3.05) is 5.32 Å². The first kappa shape index (κ1) is 11.8. The van der Waals surface area contributed by atoms with Crippen molar-refractivity contribution in [1.29, 1.82) is 0 Å². The molecule has 0 radical (unpaired) electrons. The summed E-state index contributed by atoms with van der Waals surface area (Å²) in [6.45, 7) is 4.68. The minimum absolute atomic E-state index is 0.575. The van der Waals surface area contributed by atoms with Crippen LogP contribution in [0.1, 0.15) is 51.0 Å². The molecule has 1 N–H and O–H groups in total. The van der Waals surface area contributed by atoms with E-state index in [0.29, 0.717) is 12.0 Å². The van der Waals surface area contributed by atoms with Crippen LogP contribution in [0.4, 0.5) is 5.69 Å². The molecular formula is C17H23N. The molecule has 2 aliphatic rings. The lowest BCUT2D eigenvalue weighted by Crippen LogP contribution is -2.28. The number of allylic oxidation sites excluding steroid dienone is 1. The summed E-state index contributed by atoms with van der Waals surface area (Å²) in [4.78, 5) is 0. The number of fused-ring (bicyclic) bond motifs is 2. The van der Waals surface area contributed by atoms with Gasteiger partial charge in [-0.2, -0.15) is 0 Å². The highest BCUT2D eigenvalue weighted by Crippen LogP contribution is 2.39. The summed E-state index contributed by atoms with van der Waals surface area (Å²) in [5, 5.41) is 3.79. The first-order valence-corrected chi connectivity index (χ1v) is 7.34. The van der Waals surface area contributed by atoms with Crippen LogP contribution in [-0.4, -0.2) is 6.04 Å². The summed E-state index contributed by atoms with van der Waals surface area (Å²) >= 11 is 0. The highest BCUT2D eigenvalue weighted by molar-refractivity contribution is 5.58. The molecule has 96 valence electrons. The van der Waals surface area contributed by atoms with E-state index in [2.05, 4.69) is 49.5 Å². The minimum atomic E-state index is 0.575. The Morgan fingerprint density at radius 1 is 1.28 bits per heavy atom. The zero-order chi connectivity index (χ0) is 12.5. The molecule has 3 unspecified atom stereocenters. The molecule has 3 rings (SSSR count). The SMILES string of the molecule is CCC1C=C2CCC(C)CC2Nc2ccccc21. The van der Waals surface area contributed by atoms with E-state index in [4.69, 9.17) is 0 Å². The Hall–Kier alpha value is -1.24. The van der Waals surface area contributed by atoms with Crippen LogP contribution >= 0.6 is 0 Å². The van der Waals surface area contributed by atoms with Gasteiger partial charge in [0.05, 0.1) is 0 Å². The van der Waals surface area contributed by atoms with E-state index in [-0.39, 0.29) is 0 Å². The summed E-state index contributed by atoms with van der Waals surface area (Å²) in [7, 11) is 0. The van der Waals surface area contributed by atoms with Gasteiger partial charge in [0.1, 0.15) is 0 Å². The number of benzene rings is 1. The Morgan fingerprint density at radius 3 is 2.94 bits per heavy atom. The van der Waals surface area contributed by atoms with Gasteiger partial charge in [-0.1, -0.05) is 43.7 Å². The van der Waals surface area contributed by atoms with E-state index >= 15 is 0 Å². The first-order chi connectivity index (χ1) is 8.78. The van der Waals surface area contributed by atoms with Crippen molar-refractivity contribution < 1.29 is 0 Å². The Bertz CT molecular complexity index is 460. The number of rotatable bonds is 1. The second-order valence-corrected chi connectivity index (χ2v) is 5.92. The molecule has 1 aliphatic carbocycles. The van der Waals surface area contributed by atoms with Crippen LogP contribution in [0.25, 0.3) is 0 Å². The predicted octanol–water partition coefficient (Wildman–Crippen LogP) is 4.72. The van der Waals surface area contributed by atoms with Crippen LogP contribution in [0, 0.1) is 5.92 Å². The predicted molar refractivity (Wildman–Crippen MR) is 78.0 cm³/mol. The molecule has 0 bridgehead atoms. The molecular weight excluding hydrogens is 218 g/mol. The molecule has 1 aromatic carbocycles. The maximum Gasteiger partial charge on any atom is 0.0476 e. The van der Waals surface area contributed by atoms with E-state index in [1.54, 1.807) is 5.57 Å². The molecule has 1 aliphatic heterocycles. The summed E-state index contributed by atoms with van der Waals surface area (Å²) in [5.74, 6) is 1.45. The van der Waals surface area contributed by atoms with Crippen LogP contribution in [0.15, 0.2) is 35.9 Å². The van der Waals surface area contributed by atoms with Crippen molar-refractivity contribution in [1.82, 2.24) is 0 Å². The minimum Gasteiger partial charge on any atom is -0.378 e. The Kier molecular flexibility index (Phi) is 3.15. The van der Waals surface area contributed by atoms with Crippen LogP contribution in [0.2, 0.25) is 0 Å². The second kappa shape index (κ2) is 4.79. The molecule has 1 aromatic rings. The van der Waals surface area contributed by atoms with Crippen molar-refractivity contribution in [3.05, 3.63) is 41.5 Å². The van der Waals surface area contributed by atoms with Crippen molar-refractivity contribution in [2.45, 2.75) is 51.5 Å². The molecule has 1 nitrogen and oxygen atoms in total. The molecule has 0 saturated heterocycles. The smallest absolute Gasteiger partial charge is 0.0476 e. The van der Waals surface area contributed by atoms with Crippen molar-refractivity contribution in [3.8, 4) is 0 Å². The van der Waals surface area contributed by atoms with Gasteiger partial charge in [0.15, 0.2) is 0 Å². The fourth-order valence-electron chi connectivity index (χ4n) is 3.44. The molecule has 3 atom stereocenters. The van der Waals surface area contributed by atoms with Gasteiger partial charge in [-0.25, -0.2) is 0 Å². The standard InChI is InChI=1S/C17H23N/c1-3-13-11-14-9-8-12(2)10-17(14)18-16-7-5-4-6-15(13)16/h4-7,11-13,17-18H,3,8-10H2,1-2H3. The fourth-order valence-corrected chi connectivity index (χ4v) is 3.44. The van der Waals surface area contributed by atoms with Gasteiger partial charge in [0, 0.05) is 17.6 Å². The van der Waals surface area contributed by atoms with Crippen LogP contribution in [0.5, 0.6) is 0 Å². The zero-order valence-corrected chi connectivity index (χ0v) is 11.4. The van der Waals surface area contributed by atoms with Gasteiger partial charge in [-0.3, -0.25) is 0 Å². The van der Waals surface area contributed by atoms with Crippen molar-refractivity contribution >= 4 is 5.69 Å². The number of nitrogens with one attached hydrogen (secondary N) is 1. The molecule has 1 fully saturated rings.